The van der Waals surface area contributed by atoms with Crippen LogP contribution < -0.4 is 15.6 Å². The molecule has 4 heterocycles. The van der Waals surface area contributed by atoms with Crippen LogP contribution in [0.5, 0.6) is 0 Å². The van der Waals surface area contributed by atoms with Crippen molar-refractivity contribution < 1.29 is 38.8 Å². The summed E-state index contributed by atoms with van der Waals surface area (Å²) in [5, 5.41) is 27.1. The number of benzene rings is 1. The maximum Gasteiger partial charge on any atom is 0.352 e. The molecular formula is C28H27N6O7S+. The molecule has 0 aliphatic carbocycles. The average Bonchev–Trinajstić information content (AvgIpc) is 2.95. The van der Waals surface area contributed by atoms with E-state index >= 15 is 0 Å². The molecule has 2 atom stereocenters. The number of nitrogens with two attached hydrogens (primary N) is 1. The maximum atomic E-state index is 13.3. The number of hydrogen-bond acceptors (Lipinski definition) is 9. The minimum Gasteiger partial charge on any atom is -0.478 e. The number of nitrogen functional groups attached to an aromatic ring is 1. The third kappa shape index (κ3) is 5.48. The zero-order valence-electron chi connectivity index (χ0n) is 22.6. The molecule has 2 aromatic heterocycles. The number of aliphatic carboxylic acids is 2. The van der Waals surface area contributed by atoms with Gasteiger partial charge in [-0.15, -0.1) is 11.8 Å². The Hall–Kier alpha value is -4.98. The number of carboxylic acid groups (broad SMARTS) is 2. The third-order valence-electron chi connectivity index (χ3n) is 6.76. The van der Waals surface area contributed by atoms with Gasteiger partial charge in [-0.05, 0) is 37.4 Å². The molecule has 1 saturated heterocycles. The van der Waals surface area contributed by atoms with E-state index in [0.717, 1.165) is 10.8 Å². The summed E-state index contributed by atoms with van der Waals surface area (Å²) in [6, 6.07) is 13.1. The second kappa shape index (κ2) is 11.1. The number of hydrogen-bond donors (Lipinski definition) is 4. The van der Waals surface area contributed by atoms with E-state index in [1.54, 1.807) is 0 Å². The number of fused-ring (bicyclic) bond motifs is 2. The number of β-lactam (4-membered cyclic amide) rings is 1. The fourth-order valence-corrected chi connectivity index (χ4v) is 5.83. The van der Waals surface area contributed by atoms with Gasteiger partial charge in [0, 0.05) is 22.8 Å². The van der Waals surface area contributed by atoms with Gasteiger partial charge in [0.2, 0.25) is 5.60 Å². The number of nitrogens with zero attached hydrogens (tertiary/aromatic N) is 4. The van der Waals surface area contributed by atoms with E-state index in [-0.39, 0.29) is 23.8 Å². The molecular weight excluding hydrogens is 564 g/mol. The summed E-state index contributed by atoms with van der Waals surface area (Å²) in [5.41, 5.74) is 4.02. The molecule has 5 N–H and O–H groups in total. The maximum absolute atomic E-state index is 13.3. The molecule has 14 heteroatoms. The average molecular weight is 592 g/mol. The van der Waals surface area contributed by atoms with Crippen molar-refractivity contribution in [1.82, 2.24) is 15.2 Å². The largest absolute Gasteiger partial charge is 0.478 e. The Morgan fingerprint density at radius 2 is 1.90 bits per heavy atom. The Morgan fingerprint density at radius 3 is 2.60 bits per heavy atom. The molecule has 2 aliphatic heterocycles. The highest BCUT2D eigenvalue weighted by atomic mass is 32.2. The number of amides is 2. The third-order valence-corrected chi connectivity index (χ3v) is 8.10. The molecule has 0 spiro atoms. The number of carboxylic acids is 2. The first-order chi connectivity index (χ1) is 20.0. The molecule has 13 nitrogen and oxygen atoms in total. The number of nitrogens with one attached hydrogen (secondary N) is 1. The van der Waals surface area contributed by atoms with Crippen LogP contribution in [0.1, 0.15) is 19.5 Å². The zero-order valence-corrected chi connectivity index (χ0v) is 23.4. The highest BCUT2D eigenvalue weighted by Crippen LogP contribution is 2.40. The monoisotopic (exact) mass is 591 g/mol. The lowest BCUT2D eigenvalue weighted by Gasteiger charge is -2.49. The molecule has 0 radical (unpaired) electrons. The summed E-state index contributed by atoms with van der Waals surface area (Å²) in [4.78, 5) is 60.8. The van der Waals surface area contributed by atoms with Gasteiger partial charge < -0.3 is 26.1 Å². The van der Waals surface area contributed by atoms with Crippen molar-refractivity contribution in [3.05, 3.63) is 77.9 Å². The Bertz CT molecular complexity index is 1690. The summed E-state index contributed by atoms with van der Waals surface area (Å²) >= 11 is 1.32. The van der Waals surface area contributed by atoms with Crippen LogP contribution in [0.15, 0.2) is 77.4 Å². The van der Waals surface area contributed by atoms with E-state index in [1.165, 1.54) is 48.7 Å². The van der Waals surface area contributed by atoms with Crippen molar-refractivity contribution in [2.24, 2.45) is 5.16 Å². The highest BCUT2D eigenvalue weighted by Gasteiger charge is 2.55. The Kier molecular flexibility index (Phi) is 7.56. The normalized spacial score (nSPS) is 18.8. The Labute approximate surface area is 243 Å². The highest BCUT2D eigenvalue weighted by molar-refractivity contribution is 8.00. The van der Waals surface area contributed by atoms with E-state index in [2.05, 4.69) is 15.5 Å². The fourth-order valence-electron chi connectivity index (χ4n) is 4.50. The van der Waals surface area contributed by atoms with Crippen molar-refractivity contribution >= 4 is 57.8 Å². The Morgan fingerprint density at radius 1 is 1.17 bits per heavy atom. The molecule has 3 aromatic rings. The van der Waals surface area contributed by atoms with E-state index in [4.69, 9.17) is 10.6 Å². The van der Waals surface area contributed by atoms with E-state index in [9.17, 15) is 29.4 Å². The minimum absolute atomic E-state index is 0.00516. The molecule has 1 aromatic carbocycles. The lowest BCUT2D eigenvalue weighted by molar-refractivity contribution is -0.687. The number of carbonyl (C=O) groups is 4. The molecule has 5 rings (SSSR count). The summed E-state index contributed by atoms with van der Waals surface area (Å²) in [5.74, 6) is -3.65. The number of rotatable bonds is 9. The van der Waals surface area contributed by atoms with Crippen LogP contribution in [0.3, 0.4) is 0 Å². The molecule has 0 bridgehead atoms. The second-order valence-electron chi connectivity index (χ2n) is 10.2. The van der Waals surface area contributed by atoms with Gasteiger partial charge in [0.1, 0.15) is 28.6 Å². The number of carbonyl (C=O) groups excluding carboxylic acids is 2. The van der Waals surface area contributed by atoms with E-state index in [0.29, 0.717) is 11.3 Å². The fraction of sp³-hybridized carbons (Fsp3) is 0.250. The summed E-state index contributed by atoms with van der Waals surface area (Å²) in [6.07, 6.45) is 3.77. The lowest BCUT2D eigenvalue weighted by atomic mass is 10.0. The smallest absolute Gasteiger partial charge is 0.352 e. The molecule has 1 unspecified atom stereocenters. The number of oxime groups is 1. The van der Waals surface area contributed by atoms with Gasteiger partial charge in [0.25, 0.3) is 11.8 Å². The summed E-state index contributed by atoms with van der Waals surface area (Å²) in [7, 11) is 0. The Balaban J connectivity index is 1.38. The zero-order chi connectivity index (χ0) is 30.2. The number of pyridine rings is 2. The predicted molar refractivity (Wildman–Crippen MR) is 152 cm³/mol. The van der Waals surface area contributed by atoms with E-state index < -0.39 is 46.5 Å². The van der Waals surface area contributed by atoms with Crippen molar-refractivity contribution in [2.75, 3.05) is 11.5 Å². The van der Waals surface area contributed by atoms with Gasteiger partial charge in [-0.3, -0.25) is 14.5 Å². The van der Waals surface area contributed by atoms with Gasteiger partial charge in [-0.25, -0.2) is 19.1 Å². The van der Waals surface area contributed by atoms with Crippen LogP contribution in [0.25, 0.3) is 10.8 Å². The van der Waals surface area contributed by atoms with Gasteiger partial charge in [0.15, 0.2) is 24.7 Å². The molecule has 2 aliphatic rings. The molecule has 0 saturated carbocycles. The van der Waals surface area contributed by atoms with Crippen molar-refractivity contribution in [3.63, 3.8) is 0 Å². The van der Waals surface area contributed by atoms with Crippen molar-refractivity contribution in [2.45, 2.75) is 37.4 Å². The summed E-state index contributed by atoms with van der Waals surface area (Å²) in [6.45, 7) is 2.77. The molecule has 2 amide bonds. The first kappa shape index (κ1) is 28.5. The molecule has 1 fully saturated rings. The first-order valence-corrected chi connectivity index (χ1v) is 13.8. The quantitative estimate of drug-likeness (QED) is 0.122. The molecule has 216 valence electrons. The van der Waals surface area contributed by atoms with Gasteiger partial charge >= 0.3 is 11.9 Å². The topological polar surface area (TPSA) is 188 Å². The van der Waals surface area contributed by atoms with Crippen LogP contribution in [0.2, 0.25) is 0 Å². The van der Waals surface area contributed by atoms with Crippen LogP contribution in [0, 0.1) is 0 Å². The minimum atomic E-state index is -1.77. The standard InChI is InChI=1S/C28H26N6O7S/c1-28(2,27(39)40)41-32-20(18-8-5-9-19(29)30-18)23(35)31-21-24(36)34-22(26(37)38)17(14-42-25(21)34)13-33-11-10-15-6-3-4-7-16(15)12-33/h3-12,21,25H,13-14H2,1-2H3,(H4-,29,30,31,35,37,38,39,40)/p+1/t21?,25-/m0/s1. The first-order valence-electron chi connectivity index (χ1n) is 12.8. The number of aromatic nitrogens is 2. The van der Waals surface area contributed by atoms with Crippen LogP contribution in [-0.4, -0.2) is 72.3 Å². The van der Waals surface area contributed by atoms with Crippen molar-refractivity contribution in [3.8, 4) is 0 Å². The number of thioether (sulfide) groups is 1. The van der Waals surface area contributed by atoms with Crippen LogP contribution >= 0.6 is 11.8 Å². The van der Waals surface area contributed by atoms with Crippen LogP contribution in [0.4, 0.5) is 5.82 Å². The second-order valence-corrected chi connectivity index (χ2v) is 11.3. The van der Waals surface area contributed by atoms with Gasteiger partial charge in [0.05, 0.1) is 0 Å². The van der Waals surface area contributed by atoms with E-state index in [1.807, 2.05) is 47.3 Å². The summed E-state index contributed by atoms with van der Waals surface area (Å²) < 4.78 is 1.87. The SMILES string of the molecule is CC(C)(ON=C(C(=O)NC1C(=O)N2C(C(=O)O)=C(C[n+]3ccc4ccccc4c3)CS[C@@H]12)c1cccc(N)n1)C(=O)O. The van der Waals surface area contributed by atoms with Crippen molar-refractivity contribution in [1.29, 1.82) is 0 Å². The van der Waals surface area contributed by atoms with Gasteiger partial charge in [-0.1, -0.05) is 29.4 Å². The van der Waals surface area contributed by atoms with Crippen LogP contribution in [-0.2, 0) is 30.6 Å². The lowest BCUT2D eigenvalue weighted by Crippen LogP contribution is -2.71. The molecule has 42 heavy (non-hydrogen) atoms. The predicted octanol–water partition coefficient (Wildman–Crippen LogP) is 1.13. The number of anilines is 1. The van der Waals surface area contributed by atoms with Gasteiger partial charge in [-0.2, -0.15) is 0 Å².